The van der Waals surface area contributed by atoms with Gasteiger partial charge in [-0.05, 0) is 56.9 Å². The first-order valence-corrected chi connectivity index (χ1v) is 9.07. The molecular weight excluding hydrogens is 302 g/mol. The molecule has 0 aliphatic carbocycles. The van der Waals surface area contributed by atoms with E-state index in [4.69, 9.17) is 4.74 Å². The van der Waals surface area contributed by atoms with Crippen LogP contribution in [0.1, 0.15) is 33.6 Å². The van der Waals surface area contributed by atoms with Gasteiger partial charge in [0, 0.05) is 37.6 Å². The Hall–Kier alpha value is -1.75. The molecule has 0 saturated carbocycles. The van der Waals surface area contributed by atoms with Crippen LogP contribution < -0.4 is 10.2 Å². The van der Waals surface area contributed by atoms with E-state index in [9.17, 15) is 4.79 Å². The zero-order valence-corrected chi connectivity index (χ0v) is 15.0. The molecule has 1 aromatic carbocycles. The van der Waals surface area contributed by atoms with E-state index in [0.717, 1.165) is 50.6 Å². The lowest BCUT2D eigenvalue weighted by atomic mass is 10.00. The number of nitrogens with zero attached hydrogens (tertiary/aromatic N) is 2. The second-order valence-electron chi connectivity index (χ2n) is 7.31. The number of amides is 2. The molecule has 2 aliphatic heterocycles. The highest BCUT2D eigenvalue weighted by Gasteiger charge is 2.23. The van der Waals surface area contributed by atoms with Crippen molar-refractivity contribution in [2.75, 3.05) is 36.4 Å². The quantitative estimate of drug-likeness (QED) is 0.901. The van der Waals surface area contributed by atoms with Crippen molar-refractivity contribution in [3.8, 4) is 0 Å². The van der Waals surface area contributed by atoms with Crippen LogP contribution in [0.15, 0.2) is 24.3 Å². The number of anilines is 2. The van der Waals surface area contributed by atoms with E-state index in [2.05, 4.69) is 43.1 Å². The predicted molar refractivity (Wildman–Crippen MR) is 97.7 cm³/mol. The molecule has 2 heterocycles. The van der Waals surface area contributed by atoms with Crippen LogP contribution in [0.25, 0.3) is 0 Å². The van der Waals surface area contributed by atoms with Crippen LogP contribution in [0.4, 0.5) is 16.2 Å². The molecule has 2 amide bonds. The van der Waals surface area contributed by atoms with Crippen LogP contribution in [0, 0.1) is 5.92 Å². The summed E-state index contributed by atoms with van der Waals surface area (Å²) in [6, 6.07) is 8.16. The molecule has 24 heavy (non-hydrogen) atoms. The van der Waals surface area contributed by atoms with Gasteiger partial charge in [0.15, 0.2) is 0 Å². The number of nitrogens with one attached hydrogen (secondary N) is 1. The zero-order valence-electron chi connectivity index (χ0n) is 15.0. The van der Waals surface area contributed by atoms with E-state index < -0.39 is 0 Å². The molecule has 2 fully saturated rings. The number of rotatable bonds is 2. The molecule has 1 aromatic rings. The molecule has 2 aliphatic rings. The minimum atomic E-state index is 0.0169. The number of piperidine rings is 1. The number of likely N-dealkylation sites (tertiary alicyclic amines) is 1. The average molecular weight is 331 g/mol. The summed E-state index contributed by atoms with van der Waals surface area (Å²) in [5.41, 5.74) is 2.04. The van der Waals surface area contributed by atoms with Gasteiger partial charge in [-0.25, -0.2) is 4.79 Å². The molecule has 2 saturated heterocycles. The number of benzene rings is 1. The maximum Gasteiger partial charge on any atom is 0.321 e. The summed E-state index contributed by atoms with van der Waals surface area (Å²) >= 11 is 0. The number of carbonyl (C=O) groups excluding carboxylic acids is 1. The number of ether oxygens (including phenoxy) is 1. The third-order valence-corrected chi connectivity index (χ3v) is 4.97. The molecule has 0 bridgehead atoms. The van der Waals surface area contributed by atoms with Gasteiger partial charge in [-0.3, -0.25) is 0 Å². The van der Waals surface area contributed by atoms with Crippen molar-refractivity contribution in [2.45, 2.75) is 45.8 Å². The van der Waals surface area contributed by atoms with Crippen molar-refractivity contribution >= 4 is 17.4 Å². The summed E-state index contributed by atoms with van der Waals surface area (Å²) in [7, 11) is 0. The van der Waals surface area contributed by atoms with Crippen molar-refractivity contribution in [1.29, 1.82) is 0 Å². The van der Waals surface area contributed by atoms with Gasteiger partial charge in [0.05, 0.1) is 12.2 Å². The number of morpholine rings is 1. The minimum absolute atomic E-state index is 0.0169. The van der Waals surface area contributed by atoms with Crippen LogP contribution in [0.5, 0.6) is 0 Å². The first kappa shape index (κ1) is 17.1. The first-order chi connectivity index (χ1) is 11.5. The lowest BCUT2D eigenvalue weighted by Crippen LogP contribution is -2.45. The summed E-state index contributed by atoms with van der Waals surface area (Å²) in [4.78, 5) is 16.6. The Balaban J connectivity index is 1.57. The van der Waals surface area contributed by atoms with Gasteiger partial charge in [0.2, 0.25) is 0 Å². The van der Waals surface area contributed by atoms with Crippen molar-refractivity contribution in [2.24, 2.45) is 5.92 Å². The topological polar surface area (TPSA) is 44.8 Å². The Bertz CT molecular complexity index is 542. The van der Waals surface area contributed by atoms with Crippen molar-refractivity contribution in [3.63, 3.8) is 0 Å². The second-order valence-corrected chi connectivity index (χ2v) is 7.31. The molecule has 2 unspecified atom stereocenters. The first-order valence-electron chi connectivity index (χ1n) is 9.07. The molecule has 1 N–H and O–H groups in total. The highest BCUT2D eigenvalue weighted by Crippen LogP contribution is 2.23. The van der Waals surface area contributed by atoms with Crippen LogP contribution in [-0.2, 0) is 4.74 Å². The third kappa shape index (κ3) is 4.20. The number of urea groups is 1. The number of hydrogen-bond acceptors (Lipinski definition) is 3. The predicted octanol–water partition coefficient (Wildman–Crippen LogP) is 3.56. The van der Waals surface area contributed by atoms with E-state index in [0.29, 0.717) is 0 Å². The van der Waals surface area contributed by atoms with Gasteiger partial charge in [0.25, 0.3) is 0 Å². The minimum Gasteiger partial charge on any atom is -0.372 e. The monoisotopic (exact) mass is 331 g/mol. The van der Waals surface area contributed by atoms with Crippen LogP contribution in [-0.4, -0.2) is 49.3 Å². The molecular formula is C19H29N3O2. The van der Waals surface area contributed by atoms with Crippen LogP contribution >= 0.6 is 0 Å². The van der Waals surface area contributed by atoms with Crippen LogP contribution in [0.3, 0.4) is 0 Å². The summed E-state index contributed by atoms with van der Waals surface area (Å²) in [5.74, 6) is 0.728. The molecule has 2 atom stereocenters. The van der Waals surface area contributed by atoms with Gasteiger partial charge in [-0.1, -0.05) is 6.92 Å². The van der Waals surface area contributed by atoms with Gasteiger partial charge >= 0.3 is 6.03 Å². The number of hydrogen-bond donors (Lipinski definition) is 1. The molecule has 132 valence electrons. The lowest BCUT2D eigenvalue weighted by molar-refractivity contribution is -0.00521. The Morgan fingerprint density at radius 2 is 1.62 bits per heavy atom. The Kier molecular flexibility index (Phi) is 5.29. The fourth-order valence-corrected chi connectivity index (χ4v) is 3.56. The molecule has 3 rings (SSSR count). The van der Waals surface area contributed by atoms with Crippen molar-refractivity contribution in [3.05, 3.63) is 24.3 Å². The van der Waals surface area contributed by atoms with Crippen LogP contribution in [0.2, 0.25) is 0 Å². The second kappa shape index (κ2) is 7.43. The van der Waals surface area contributed by atoms with E-state index in [1.807, 2.05) is 17.0 Å². The fourth-order valence-electron chi connectivity index (χ4n) is 3.56. The lowest BCUT2D eigenvalue weighted by Gasteiger charge is -2.37. The smallest absolute Gasteiger partial charge is 0.321 e. The van der Waals surface area contributed by atoms with Gasteiger partial charge in [0.1, 0.15) is 0 Å². The van der Waals surface area contributed by atoms with E-state index in [1.54, 1.807) is 0 Å². The van der Waals surface area contributed by atoms with Gasteiger partial charge < -0.3 is 19.9 Å². The fraction of sp³-hybridized carbons (Fsp3) is 0.632. The molecule has 0 radical (unpaired) electrons. The largest absolute Gasteiger partial charge is 0.372 e. The average Bonchev–Trinajstić information content (AvgIpc) is 2.55. The van der Waals surface area contributed by atoms with Crippen molar-refractivity contribution < 1.29 is 9.53 Å². The Labute approximate surface area is 145 Å². The molecule has 5 nitrogen and oxygen atoms in total. The highest BCUT2D eigenvalue weighted by atomic mass is 16.5. The van der Waals surface area contributed by atoms with E-state index >= 15 is 0 Å². The summed E-state index contributed by atoms with van der Waals surface area (Å²) in [6.07, 6.45) is 2.68. The third-order valence-electron chi connectivity index (χ3n) is 4.97. The van der Waals surface area contributed by atoms with Crippen molar-refractivity contribution in [1.82, 2.24) is 4.90 Å². The molecule has 5 heteroatoms. The zero-order chi connectivity index (χ0) is 17.1. The SMILES string of the molecule is CC1CCN(C(=O)Nc2ccc(N3CC(C)OC(C)C3)cc2)CC1. The molecule has 0 spiro atoms. The highest BCUT2D eigenvalue weighted by molar-refractivity contribution is 5.89. The maximum absolute atomic E-state index is 12.3. The van der Waals surface area contributed by atoms with E-state index in [1.165, 1.54) is 5.69 Å². The Morgan fingerprint density at radius 1 is 1.04 bits per heavy atom. The summed E-state index contributed by atoms with van der Waals surface area (Å²) in [6.45, 7) is 9.99. The Morgan fingerprint density at radius 3 is 2.21 bits per heavy atom. The maximum atomic E-state index is 12.3. The molecule has 0 aromatic heterocycles. The van der Waals surface area contributed by atoms with Gasteiger partial charge in [-0.15, -0.1) is 0 Å². The number of carbonyl (C=O) groups is 1. The van der Waals surface area contributed by atoms with E-state index in [-0.39, 0.29) is 18.2 Å². The standard InChI is InChI=1S/C19H29N3O2/c1-14-8-10-21(11-9-14)19(23)20-17-4-6-18(7-5-17)22-12-15(2)24-16(3)13-22/h4-7,14-16H,8-13H2,1-3H3,(H,20,23). The summed E-state index contributed by atoms with van der Waals surface area (Å²) < 4.78 is 5.78. The summed E-state index contributed by atoms with van der Waals surface area (Å²) in [5, 5.41) is 3.02. The van der Waals surface area contributed by atoms with Gasteiger partial charge in [-0.2, -0.15) is 0 Å². The normalized spacial score (nSPS) is 25.6.